The van der Waals surface area contributed by atoms with Gasteiger partial charge in [-0.3, -0.25) is 37.4 Å². The molecule has 0 aliphatic carbocycles. The van der Waals surface area contributed by atoms with E-state index >= 15 is 0 Å². The normalized spacial score (nSPS) is 11.9. The van der Waals surface area contributed by atoms with Crippen LogP contribution in [0.25, 0.3) is 0 Å². The third-order valence-electron chi connectivity index (χ3n) is 5.17. The molecule has 0 spiro atoms. The lowest BCUT2D eigenvalue weighted by atomic mass is 10.2. The van der Waals surface area contributed by atoms with E-state index in [1.165, 1.54) is 26.2 Å². The number of ether oxygens (including phenoxy) is 3. The third kappa shape index (κ3) is 9.20. The van der Waals surface area contributed by atoms with Gasteiger partial charge in [-0.1, -0.05) is 0 Å². The Bertz CT molecular complexity index is 1340. The highest BCUT2D eigenvalue weighted by Gasteiger charge is 2.20. The largest absolute Gasteiger partial charge is 0.459 e. The van der Waals surface area contributed by atoms with Gasteiger partial charge in [0.1, 0.15) is 24.3 Å². The average molecular weight is 551 g/mol. The molecule has 0 bridgehead atoms. The molecule has 0 unspecified atom stereocenters. The maximum Gasteiger partial charge on any atom is 0.331 e. The van der Waals surface area contributed by atoms with Gasteiger partial charge in [0.25, 0.3) is 11.1 Å². The van der Waals surface area contributed by atoms with Gasteiger partial charge >= 0.3 is 23.3 Å². The summed E-state index contributed by atoms with van der Waals surface area (Å²) < 4.78 is 20.1. The van der Waals surface area contributed by atoms with Crippen molar-refractivity contribution in [2.75, 3.05) is 13.2 Å². The maximum absolute atomic E-state index is 12.8. The Kier molecular flexibility index (Phi) is 10.0. The summed E-state index contributed by atoms with van der Waals surface area (Å²) in [7, 11) is 0. The summed E-state index contributed by atoms with van der Waals surface area (Å²) in [5.41, 5.74) is -3.37. The van der Waals surface area contributed by atoms with Crippen molar-refractivity contribution in [2.45, 2.75) is 92.8 Å². The molecule has 0 saturated heterocycles. The van der Waals surface area contributed by atoms with Crippen molar-refractivity contribution in [3.63, 3.8) is 0 Å². The summed E-state index contributed by atoms with van der Waals surface area (Å²) in [5.74, 6) is -1.24. The Morgan fingerprint density at radius 3 is 1.31 bits per heavy atom. The zero-order chi connectivity index (χ0) is 29.7. The van der Waals surface area contributed by atoms with Crippen LogP contribution in [-0.2, 0) is 50.0 Å². The Morgan fingerprint density at radius 1 is 0.667 bits per heavy atom. The summed E-state index contributed by atoms with van der Waals surface area (Å²) in [4.78, 5) is 75.0. The number of aryl methyl sites for hydroxylation is 2. The first-order chi connectivity index (χ1) is 17.9. The summed E-state index contributed by atoms with van der Waals surface area (Å²) in [6.45, 7) is 12.2. The molecule has 0 fully saturated rings. The second kappa shape index (κ2) is 12.4. The number of nitrogens with zero attached hydrogens (tertiary/aromatic N) is 4. The Morgan fingerprint density at radius 2 is 1.00 bits per heavy atom. The molecule has 2 aromatic heterocycles. The van der Waals surface area contributed by atoms with E-state index < -0.39 is 45.6 Å². The minimum atomic E-state index is -0.726. The molecule has 0 aliphatic rings. The van der Waals surface area contributed by atoms with Crippen LogP contribution >= 0.6 is 0 Å². The molecular weight excluding hydrogens is 512 g/mol. The van der Waals surface area contributed by atoms with E-state index in [1.54, 1.807) is 41.5 Å². The van der Waals surface area contributed by atoms with E-state index in [1.807, 2.05) is 0 Å². The van der Waals surface area contributed by atoms with E-state index in [0.717, 1.165) is 18.3 Å². The number of aromatic nitrogens is 4. The summed E-state index contributed by atoms with van der Waals surface area (Å²) in [6, 6.07) is 0. The first-order valence-corrected chi connectivity index (χ1v) is 12.5. The van der Waals surface area contributed by atoms with Crippen molar-refractivity contribution < 1.29 is 23.8 Å². The smallest absolute Gasteiger partial charge is 0.331 e. The standard InChI is InChI=1S/C26H38N4O9/c1-17-13-27(15-19(31)38-25(3,4)5)23(35)29(21(17)33)9-11-37-12-10-30-22(34)18(2)14-28(24(30)36)16-20(32)39-26(6,7)8/h13-14H,9-12,15-16H2,1-8H3. The van der Waals surface area contributed by atoms with Crippen LogP contribution < -0.4 is 22.5 Å². The lowest BCUT2D eigenvalue weighted by Gasteiger charge is -2.20. The van der Waals surface area contributed by atoms with Crippen LogP contribution in [0.5, 0.6) is 0 Å². The van der Waals surface area contributed by atoms with Crippen molar-refractivity contribution in [2.24, 2.45) is 0 Å². The quantitative estimate of drug-likeness (QED) is 0.302. The number of rotatable bonds is 10. The molecule has 0 N–H and O–H groups in total. The SMILES string of the molecule is Cc1cn(CC(=O)OC(C)(C)C)c(=O)n(CCOCCn2c(=O)c(C)cn(CC(=O)OC(C)(C)C)c2=O)c1=O. The lowest BCUT2D eigenvalue weighted by molar-refractivity contribution is -0.156. The van der Waals surface area contributed by atoms with Crippen LogP contribution in [0.3, 0.4) is 0 Å². The number of carbonyl (C=O) groups excluding carboxylic acids is 2. The first-order valence-electron chi connectivity index (χ1n) is 12.5. The fourth-order valence-electron chi connectivity index (χ4n) is 3.66. The molecule has 0 atom stereocenters. The molecule has 216 valence electrons. The van der Waals surface area contributed by atoms with Crippen molar-refractivity contribution in [3.05, 3.63) is 65.2 Å². The molecule has 2 rings (SSSR count). The van der Waals surface area contributed by atoms with Gasteiger partial charge < -0.3 is 14.2 Å². The number of hydrogen-bond acceptors (Lipinski definition) is 9. The molecule has 0 saturated carbocycles. The van der Waals surface area contributed by atoms with Gasteiger partial charge in [0.2, 0.25) is 0 Å². The van der Waals surface area contributed by atoms with E-state index in [4.69, 9.17) is 14.2 Å². The minimum absolute atomic E-state index is 0.0717. The van der Waals surface area contributed by atoms with Gasteiger partial charge in [0, 0.05) is 23.5 Å². The second-order valence-electron chi connectivity index (χ2n) is 11.1. The molecular formula is C26H38N4O9. The molecule has 0 radical (unpaired) electrons. The van der Waals surface area contributed by atoms with Crippen LogP contribution in [0.1, 0.15) is 52.7 Å². The van der Waals surface area contributed by atoms with Gasteiger partial charge in [-0.05, 0) is 55.4 Å². The van der Waals surface area contributed by atoms with Gasteiger partial charge in [0.15, 0.2) is 0 Å². The van der Waals surface area contributed by atoms with Crippen molar-refractivity contribution in [1.82, 2.24) is 18.3 Å². The molecule has 39 heavy (non-hydrogen) atoms. The van der Waals surface area contributed by atoms with Crippen LogP contribution in [0.4, 0.5) is 0 Å². The minimum Gasteiger partial charge on any atom is -0.459 e. The lowest BCUT2D eigenvalue weighted by Crippen LogP contribution is -2.43. The highest BCUT2D eigenvalue weighted by Crippen LogP contribution is 2.08. The zero-order valence-electron chi connectivity index (χ0n) is 23.9. The van der Waals surface area contributed by atoms with Crippen molar-refractivity contribution in [1.29, 1.82) is 0 Å². The monoisotopic (exact) mass is 550 g/mol. The summed E-state index contributed by atoms with van der Waals surface area (Å²) in [6.07, 6.45) is 2.61. The summed E-state index contributed by atoms with van der Waals surface area (Å²) in [5, 5.41) is 0. The van der Waals surface area contributed by atoms with E-state index in [-0.39, 0.29) is 50.5 Å². The van der Waals surface area contributed by atoms with Gasteiger partial charge in [-0.15, -0.1) is 0 Å². The van der Waals surface area contributed by atoms with Crippen LogP contribution in [0, 0.1) is 13.8 Å². The fourth-order valence-corrected chi connectivity index (χ4v) is 3.66. The van der Waals surface area contributed by atoms with Crippen molar-refractivity contribution in [3.8, 4) is 0 Å². The van der Waals surface area contributed by atoms with E-state index in [9.17, 15) is 28.8 Å². The topological polar surface area (TPSA) is 150 Å². The number of hydrogen-bond donors (Lipinski definition) is 0. The molecule has 13 nitrogen and oxygen atoms in total. The maximum atomic E-state index is 12.8. The molecule has 13 heteroatoms. The third-order valence-corrected chi connectivity index (χ3v) is 5.17. The molecule has 0 aliphatic heterocycles. The Labute approximate surface area is 225 Å². The predicted octanol–water partition coefficient (Wildman–Crippen LogP) is 0.350. The van der Waals surface area contributed by atoms with Crippen LogP contribution in [0.15, 0.2) is 31.6 Å². The highest BCUT2D eigenvalue weighted by atomic mass is 16.6. The molecule has 2 heterocycles. The highest BCUT2D eigenvalue weighted by molar-refractivity contribution is 5.70. The second-order valence-corrected chi connectivity index (χ2v) is 11.1. The Hall–Kier alpha value is -3.74. The average Bonchev–Trinajstić information content (AvgIpc) is 2.77. The van der Waals surface area contributed by atoms with Crippen LogP contribution in [-0.4, -0.2) is 54.6 Å². The van der Waals surface area contributed by atoms with Gasteiger partial charge in [-0.2, -0.15) is 0 Å². The molecule has 0 amide bonds. The number of carbonyl (C=O) groups is 2. The van der Waals surface area contributed by atoms with Crippen LogP contribution in [0.2, 0.25) is 0 Å². The Balaban J connectivity index is 2.09. The van der Waals surface area contributed by atoms with Gasteiger partial charge in [-0.25, -0.2) is 9.59 Å². The van der Waals surface area contributed by atoms with E-state index in [0.29, 0.717) is 0 Å². The number of esters is 2. The fraction of sp³-hybridized carbons (Fsp3) is 0.615. The summed E-state index contributed by atoms with van der Waals surface area (Å²) >= 11 is 0. The van der Waals surface area contributed by atoms with Crippen molar-refractivity contribution >= 4 is 11.9 Å². The molecule has 0 aromatic carbocycles. The predicted molar refractivity (Wildman–Crippen MR) is 142 cm³/mol. The zero-order valence-corrected chi connectivity index (χ0v) is 23.9. The van der Waals surface area contributed by atoms with E-state index in [2.05, 4.69) is 0 Å². The molecule has 2 aromatic rings. The van der Waals surface area contributed by atoms with Gasteiger partial charge in [0.05, 0.1) is 26.3 Å². The first kappa shape index (κ1) is 31.5.